The van der Waals surface area contributed by atoms with Gasteiger partial charge in [0.1, 0.15) is 5.60 Å². The highest BCUT2D eigenvalue weighted by Crippen LogP contribution is 2.49. The van der Waals surface area contributed by atoms with Crippen molar-refractivity contribution >= 4 is 23.5 Å². The van der Waals surface area contributed by atoms with Gasteiger partial charge in [0, 0.05) is 9.79 Å². The molecule has 29 heavy (non-hydrogen) atoms. The summed E-state index contributed by atoms with van der Waals surface area (Å²) in [5, 5.41) is 12.3. The molecule has 4 aromatic rings. The summed E-state index contributed by atoms with van der Waals surface area (Å²) in [4.78, 5) is 2.26. The zero-order valence-corrected chi connectivity index (χ0v) is 17.5. The molecule has 4 rings (SSSR count). The Balaban J connectivity index is 1.83. The van der Waals surface area contributed by atoms with Crippen molar-refractivity contribution in [1.29, 1.82) is 0 Å². The Kier molecular flexibility index (Phi) is 6.40. The number of aliphatic hydroxyl groups is 1. The van der Waals surface area contributed by atoms with Gasteiger partial charge >= 0.3 is 0 Å². The molecule has 0 radical (unpaired) electrons. The fourth-order valence-electron chi connectivity index (χ4n) is 3.26. The lowest BCUT2D eigenvalue weighted by atomic mass is 9.88. The van der Waals surface area contributed by atoms with E-state index in [-0.39, 0.29) is 4.58 Å². The van der Waals surface area contributed by atoms with Gasteiger partial charge in [-0.2, -0.15) is 0 Å². The van der Waals surface area contributed by atoms with E-state index >= 15 is 0 Å². The van der Waals surface area contributed by atoms with Crippen LogP contribution in [0, 0.1) is 0 Å². The van der Waals surface area contributed by atoms with E-state index in [0.717, 1.165) is 20.9 Å². The van der Waals surface area contributed by atoms with Crippen LogP contribution in [0.4, 0.5) is 0 Å². The molecule has 0 aliphatic rings. The maximum atomic E-state index is 12.3. The molecule has 0 aromatic heterocycles. The average molecular weight is 415 g/mol. The minimum absolute atomic E-state index is 0.183. The Morgan fingerprint density at radius 3 is 1.14 bits per heavy atom. The average Bonchev–Trinajstić information content (AvgIpc) is 2.81. The monoisotopic (exact) mass is 414 g/mol. The van der Waals surface area contributed by atoms with E-state index in [1.165, 1.54) is 0 Å². The van der Waals surface area contributed by atoms with Crippen molar-refractivity contribution in [2.24, 2.45) is 0 Å². The predicted octanol–water partition coefficient (Wildman–Crippen LogP) is 6.83. The van der Waals surface area contributed by atoms with Gasteiger partial charge in [0.2, 0.25) is 0 Å². The van der Waals surface area contributed by atoms with E-state index in [2.05, 4.69) is 24.3 Å². The maximum absolute atomic E-state index is 12.3. The van der Waals surface area contributed by atoms with E-state index < -0.39 is 5.60 Å². The Bertz CT molecular complexity index is 925. The minimum Gasteiger partial charge on any atom is -0.378 e. The molecule has 144 valence electrons. The molecular weight excluding hydrogens is 392 g/mol. The van der Waals surface area contributed by atoms with Crippen LogP contribution in [0.2, 0.25) is 0 Å². The van der Waals surface area contributed by atoms with Gasteiger partial charge in [-0.25, -0.2) is 0 Å². The summed E-state index contributed by atoms with van der Waals surface area (Å²) in [7, 11) is 0. The summed E-state index contributed by atoms with van der Waals surface area (Å²) >= 11 is 3.39. The molecule has 0 aliphatic heterocycles. The first kappa shape index (κ1) is 19.8. The quantitative estimate of drug-likeness (QED) is 0.264. The summed E-state index contributed by atoms with van der Waals surface area (Å²) in [5.41, 5.74) is 0.620. The second-order valence-electron chi connectivity index (χ2n) is 6.69. The summed E-state index contributed by atoms with van der Waals surface area (Å²) in [6.45, 7) is 0. The first-order valence-corrected chi connectivity index (χ1v) is 11.3. The number of thioether (sulfide) groups is 2. The van der Waals surface area contributed by atoms with Gasteiger partial charge in [-0.3, -0.25) is 0 Å². The number of benzene rings is 4. The molecule has 0 heterocycles. The second kappa shape index (κ2) is 9.36. The van der Waals surface area contributed by atoms with Crippen LogP contribution in [0.5, 0.6) is 0 Å². The maximum Gasteiger partial charge on any atom is 0.136 e. The van der Waals surface area contributed by atoms with Crippen molar-refractivity contribution in [2.75, 3.05) is 0 Å². The third-order valence-electron chi connectivity index (χ3n) is 4.74. The molecule has 0 unspecified atom stereocenters. The van der Waals surface area contributed by atoms with Gasteiger partial charge in [-0.1, -0.05) is 97.1 Å². The molecule has 4 aromatic carbocycles. The normalized spacial score (nSPS) is 11.5. The van der Waals surface area contributed by atoms with Crippen LogP contribution in [-0.4, -0.2) is 9.69 Å². The van der Waals surface area contributed by atoms with Crippen LogP contribution < -0.4 is 0 Å². The molecule has 0 spiro atoms. The van der Waals surface area contributed by atoms with Crippen LogP contribution in [0.25, 0.3) is 0 Å². The lowest BCUT2D eigenvalue weighted by molar-refractivity contribution is 0.0992. The highest BCUT2D eigenvalue weighted by molar-refractivity contribution is 8.17. The Morgan fingerprint density at radius 2 is 0.793 bits per heavy atom. The topological polar surface area (TPSA) is 20.2 Å². The van der Waals surface area contributed by atoms with E-state index in [4.69, 9.17) is 0 Å². The van der Waals surface area contributed by atoms with E-state index in [0.29, 0.717) is 0 Å². The van der Waals surface area contributed by atoms with Crippen molar-refractivity contribution in [3.8, 4) is 0 Å². The SMILES string of the molecule is OC(c1ccccc1)(c1ccccc1)C(Sc1ccccc1)Sc1ccccc1. The molecule has 0 amide bonds. The van der Waals surface area contributed by atoms with Crippen LogP contribution in [0.3, 0.4) is 0 Å². The summed E-state index contributed by atoms with van der Waals surface area (Å²) in [6.07, 6.45) is 0. The Hall–Kier alpha value is -2.46. The van der Waals surface area contributed by atoms with Crippen LogP contribution in [-0.2, 0) is 5.60 Å². The standard InChI is InChI=1S/C26H22OS2/c27-26(21-13-5-1-6-14-21,22-15-7-2-8-16-22)25(28-23-17-9-3-10-18-23)29-24-19-11-4-12-20-24/h1-20,25,27H. The Labute approximate surface area is 180 Å². The largest absolute Gasteiger partial charge is 0.378 e. The van der Waals surface area contributed by atoms with Gasteiger partial charge in [-0.15, -0.1) is 23.5 Å². The zero-order chi connectivity index (χ0) is 19.9. The fraction of sp³-hybridized carbons (Fsp3) is 0.0769. The smallest absolute Gasteiger partial charge is 0.136 e. The first-order chi connectivity index (χ1) is 14.3. The van der Waals surface area contributed by atoms with Crippen molar-refractivity contribution in [2.45, 2.75) is 20.0 Å². The first-order valence-electron chi connectivity index (χ1n) is 9.53. The van der Waals surface area contributed by atoms with Crippen molar-refractivity contribution in [3.63, 3.8) is 0 Å². The van der Waals surface area contributed by atoms with Gasteiger partial charge in [-0.05, 0) is 35.4 Å². The van der Waals surface area contributed by atoms with Gasteiger partial charge < -0.3 is 5.11 Å². The summed E-state index contributed by atoms with van der Waals surface area (Å²) in [5.74, 6) is 0. The van der Waals surface area contributed by atoms with Crippen LogP contribution in [0.1, 0.15) is 11.1 Å². The predicted molar refractivity (Wildman–Crippen MR) is 124 cm³/mol. The lowest BCUT2D eigenvalue weighted by Gasteiger charge is -2.36. The van der Waals surface area contributed by atoms with Crippen LogP contribution >= 0.6 is 23.5 Å². The van der Waals surface area contributed by atoms with E-state index in [9.17, 15) is 5.11 Å². The molecule has 0 atom stereocenters. The summed E-state index contributed by atoms with van der Waals surface area (Å²) < 4.78 is -0.183. The van der Waals surface area contributed by atoms with Crippen molar-refractivity contribution in [1.82, 2.24) is 0 Å². The second-order valence-corrected chi connectivity index (χ2v) is 9.35. The number of rotatable bonds is 7. The molecule has 0 aliphatic carbocycles. The molecule has 0 saturated heterocycles. The van der Waals surface area contributed by atoms with Gasteiger partial charge in [0.05, 0.1) is 4.58 Å². The molecule has 3 heteroatoms. The third kappa shape index (κ3) is 4.59. The fourth-order valence-corrected chi connectivity index (χ4v) is 6.13. The molecule has 0 fully saturated rings. The Morgan fingerprint density at radius 1 is 0.483 bits per heavy atom. The molecule has 1 N–H and O–H groups in total. The van der Waals surface area contributed by atoms with Crippen LogP contribution in [0.15, 0.2) is 131 Å². The minimum atomic E-state index is -1.16. The molecule has 0 saturated carbocycles. The lowest BCUT2D eigenvalue weighted by Crippen LogP contribution is -2.37. The highest BCUT2D eigenvalue weighted by Gasteiger charge is 2.41. The van der Waals surface area contributed by atoms with E-state index in [1.807, 2.05) is 97.1 Å². The van der Waals surface area contributed by atoms with Gasteiger partial charge in [0.15, 0.2) is 0 Å². The van der Waals surface area contributed by atoms with Gasteiger partial charge in [0.25, 0.3) is 0 Å². The highest BCUT2D eigenvalue weighted by atomic mass is 32.2. The summed E-state index contributed by atoms with van der Waals surface area (Å²) in [6, 6.07) is 40.5. The molecular formula is C26H22OS2. The molecule has 1 nitrogen and oxygen atoms in total. The molecule has 0 bridgehead atoms. The zero-order valence-electron chi connectivity index (χ0n) is 15.9. The van der Waals surface area contributed by atoms with Crippen molar-refractivity contribution < 1.29 is 5.11 Å². The van der Waals surface area contributed by atoms with Crippen molar-refractivity contribution in [3.05, 3.63) is 132 Å². The van der Waals surface area contributed by atoms with E-state index in [1.54, 1.807) is 23.5 Å². The number of hydrogen-bond acceptors (Lipinski definition) is 3. The number of hydrogen-bond donors (Lipinski definition) is 1. The third-order valence-corrected chi connectivity index (χ3v) is 7.52.